The molecule has 2 aromatic rings. The van der Waals surface area contributed by atoms with Gasteiger partial charge in [-0.3, -0.25) is 9.59 Å². The quantitative estimate of drug-likeness (QED) is 0.847. The van der Waals surface area contributed by atoms with Crippen molar-refractivity contribution in [3.8, 4) is 10.4 Å². The number of nitrogens with one attached hydrogen (secondary N) is 1. The van der Waals surface area contributed by atoms with E-state index in [0.29, 0.717) is 22.9 Å². The van der Waals surface area contributed by atoms with Crippen molar-refractivity contribution >= 4 is 23.2 Å². The second-order valence-corrected chi connectivity index (χ2v) is 7.80. The maximum atomic E-state index is 12.2. The van der Waals surface area contributed by atoms with Crippen LogP contribution in [-0.2, 0) is 4.74 Å². The Morgan fingerprint density at radius 1 is 1.19 bits per heavy atom. The maximum absolute atomic E-state index is 12.2. The lowest BCUT2D eigenvalue weighted by Crippen LogP contribution is -2.26. The summed E-state index contributed by atoms with van der Waals surface area (Å²) in [5.41, 5.74) is 1.66. The van der Waals surface area contributed by atoms with Crippen LogP contribution in [0, 0.1) is 5.92 Å². The van der Waals surface area contributed by atoms with Crippen LogP contribution in [0.15, 0.2) is 36.4 Å². The average Bonchev–Trinajstić information content (AvgIpc) is 3.33. The largest absolute Gasteiger partial charge is 0.381 e. The Balaban J connectivity index is 1.57. The molecule has 1 N–H and O–H groups in total. The van der Waals surface area contributed by atoms with Crippen molar-refractivity contribution in [3.63, 3.8) is 0 Å². The molecule has 0 bridgehead atoms. The molecule has 0 radical (unpaired) electrons. The summed E-state index contributed by atoms with van der Waals surface area (Å²) in [6.07, 6.45) is 2.05. The van der Waals surface area contributed by atoms with Crippen molar-refractivity contribution in [2.45, 2.75) is 12.8 Å². The van der Waals surface area contributed by atoms with E-state index >= 15 is 0 Å². The van der Waals surface area contributed by atoms with Gasteiger partial charge in [-0.15, -0.1) is 11.3 Å². The van der Waals surface area contributed by atoms with Crippen LogP contribution in [0.2, 0.25) is 0 Å². The number of rotatable bonds is 6. The third kappa shape index (κ3) is 4.51. The molecule has 3 rings (SSSR count). The number of nitrogens with zero attached hydrogens (tertiary/aromatic N) is 1. The van der Waals surface area contributed by atoms with Crippen molar-refractivity contribution in [1.82, 2.24) is 10.2 Å². The number of carbonyl (C=O) groups is 2. The lowest BCUT2D eigenvalue weighted by atomic mass is 10.1. The van der Waals surface area contributed by atoms with E-state index < -0.39 is 0 Å². The van der Waals surface area contributed by atoms with Crippen molar-refractivity contribution in [3.05, 3.63) is 46.8 Å². The molecule has 1 aromatic carbocycles. The first kappa shape index (κ1) is 18.6. The monoisotopic (exact) mass is 372 g/mol. The van der Waals surface area contributed by atoms with Gasteiger partial charge in [0.05, 0.1) is 4.88 Å². The third-order valence-corrected chi connectivity index (χ3v) is 5.64. The lowest BCUT2D eigenvalue weighted by molar-refractivity contribution is 0.0831. The summed E-state index contributed by atoms with van der Waals surface area (Å²) in [5.74, 6) is 0.519. The molecule has 2 heterocycles. The number of ether oxygens (including phenoxy) is 1. The van der Waals surface area contributed by atoms with Gasteiger partial charge in [0.1, 0.15) is 0 Å². The molecule has 0 unspecified atom stereocenters. The van der Waals surface area contributed by atoms with Crippen LogP contribution in [0.3, 0.4) is 0 Å². The Labute approximate surface area is 158 Å². The predicted molar refractivity (Wildman–Crippen MR) is 104 cm³/mol. The van der Waals surface area contributed by atoms with Gasteiger partial charge in [0.25, 0.3) is 11.8 Å². The van der Waals surface area contributed by atoms with Gasteiger partial charge in [-0.05, 0) is 48.6 Å². The van der Waals surface area contributed by atoms with E-state index in [1.54, 1.807) is 19.0 Å². The number of hydrogen-bond donors (Lipinski definition) is 1. The molecule has 1 aliphatic heterocycles. The Bertz CT molecular complexity index is 762. The highest BCUT2D eigenvalue weighted by molar-refractivity contribution is 7.17. The third-order valence-electron chi connectivity index (χ3n) is 4.52. The molecule has 1 fully saturated rings. The van der Waals surface area contributed by atoms with Gasteiger partial charge in [-0.25, -0.2) is 0 Å². The van der Waals surface area contributed by atoms with E-state index in [9.17, 15) is 9.59 Å². The summed E-state index contributed by atoms with van der Waals surface area (Å²) in [5, 5.41) is 2.97. The Morgan fingerprint density at radius 2 is 1.96 bits per heavy atom. The van der Waals surface area contributed by atoms with Crippen molar-refractivity contribution in [2.24, 2.45) is 5.92 Å². The molecule has 5 nitrogen and oxygen atoms in total. The van der Waals surface area contributed by atoms with E-state index in [0.717, 1.165) is 36.5 Å². The minimum atomic E-state index is -0.0508. The fraction of sp³-hybridized carbons (Fsp3) is 0.400. The molecule has 26 heavy (non-hydrogen) atoms. The topological polar surface area (TPSA) is 58.6 Å². The second kappa shape index (κ2) is 8.47. The molecule has 0 aliphatic carbocycles. The van der Waals surface area contributed by atoms with E-state index in [2.05, 4.69) is 5.32 Å². The first-order valence-corrected chi connectivity index (χ1v) is 9.64. The summed E-state index contributed by atoms with van der Waals surface area (Å²) in [7, 11) is 3.49. The Morgan fingerprint density at radius 3 is 2.62 bits per heavy atom. The normalized spacial score (nSPS) is 16.5. The van der Waals surface area contributed by atoms with E-state index in [1.807, 2.05) is 36.4 Å². The zero-order valence-electron chi connectivity index (χ0n) is 15.2. The summed E-state index contributed by atoms with van der Waals surface area (Å²) >= 11 is 1.46. The molecule has 6 heteroatoms. The number of benzene rings is 1. The van der Waals surface area contributed by atoms with Crippen LogP contribution in [0.4, 0.5) is 0 Å². The van der Waals surface area contributed by atoms with Gasteiger partial charge in [0.15, 0.2) is 0 Å². The van der Waals surface area contributed by atoms with Crippen LogP contribution < -0.4 is 5.32 Å². The fourth-order valence-corrected chi connectivity index (χ4v) is 3.95. The SMILES string of the molecule is CN(C)C(=O)c1ccc(-c2ccc(C(=O)NCC[C@H]3CCOC3)cc2)s1. The van der Waals surface area contributed by atoms with E-state index in [4.69, 9.17) is 4.74 Å². The number of hydrogen-bond acceptors (Lipinski definition) is 4. The second-order valence-electron chi connectivity index (χ2n) is 6.72. The fourth-order valence-electron chi connectivity index (χ4n) is 2.92. The minimum Gasteiger partial charge on any atom is -0.381 e. The molecule has 0 spiro atoms. The summed E-state index contributed by atoms with van der Waals surface area (Å²) in [6.45, 7) is 2.32. The Kier molecular flexibility index (Phi) is 6.06. The molecule has 0 saturated carbocycles. The molecule has 2 amide bonds. The summed E-state index contributed by atoms with van der Waals surface area (Å²) < 4.78 is 5.35. The highest BCUT2D eigenvalue weighted by atomic mass is 32.1. The summed E-state index contributed by atoms with van der Waals surface area (Å²) in [6, 6.07) is 11.3. The highest BCUT2D eigenvalue weighted by Gasteiger charge is 2.16. The van der Waals surface area contributed by atoms with Gasteiger partial charge >= 0.3 is 0 Å². The van der Waals surface area contributed by atoms with Gasteiger partial charge in [-0.2, -0.15) is 0 Å². The van der Waals surface area contributed by atoms with Crippen LogP contribution in [0.25, 0.3) is 10.4 Å². The van der Waals surface area contributed by atoms with Crippen molar-refractivity contribution < 1.29 is 14.3 Å². The standard InChI is InChI=1S/C20H24N2O3S/c1-22(2)20(24)18-8-7-17(26-18)15-3-5-16(6-4-15)19(23)21-11-9-14-10-12-25-13-14/h3-8,14H,9-13H2,1-2H3,(H,21,23)/t14-/m0/s1. The number of carbonyl (C=O) groups excluding carboxylic acids is 2. The first-order valence-electron chi connectivity index (χ1n) is 8.82. The molecule has 1 atom stereocenters. The highest BCUT2D eigenvalue weighted by Crippen LogP contribution is 2.29. The zero-order valence-corrected chi connectivity index (χ0v) is 16.0. The van der Waals surface area contributed by atoms with E-state index in [1.165, 1.54) is 11.3 Å². The molecular formula is C20H24N2O3S. The molecule has 1 aromatic heterocycles. The van der Waals surface area contributed by atoms with Crippen LogP contribution in [0.1, 0.15) is 32.9 Å². The van der Waals surface area contributed by atoms with Crippen LogP contribution in [0.5, 0.6) is 0 Å². The van der Waals surface area contributed by atoms with E-state index in [-0.39, 0.29) is 11.8 Å². The Hall–Kier alpha value is -2.18. The van der Waals surface area contributed by atoms with Crippen LogP contribution >= 0.6 is 11.3 Å². The lowest BCUT2D eigenvalue weighted by Gasteiger charge is -2.09. The predicted octanol–water partition coefficient (Wildman–Crippen LogP) is 3.27. The zero-order chi connectivity index (χ0) is 18.5. The van der Waals surface area contributed by atoms with Crippen molar-refractivity contribution in [2.75, 3.05) is 33.9 Å². The van der Waals surface area contributed by atoms with Gasteiger partial charge in [0, 0.05) is 44.3 Å². The van der Waals surface area contributed by atoms with Gasteiger partial charge in [0.2, 0.25) is 0 Å². The smallest absolute Gasteiger partial charge is 0.263 e. The van der Waals surface area contributed by atoms with Gasteiger partial charge in [-0.1, -0.05) is 12.1 Å². The average molecular weight is 372 g/mol. The first-order chi connectivity index (χ1) is 12.5. The molecular weight excluding hydrogens is 348 g/mol. The number of amides is 2. The van der Waals surface area contributed by atoms with Crippen LogP contribution in [-0.4, -0.2) is 50.6 Å². The number of thiophene rings is 1. The molecule has 1 saturated heterocycles. The van der Waals surface area contributed by atoms with Crippen molar-refractivity contribution in [1.29, 1.82) is 0 Å². The molecule has 1 aliphatic rings. The summed E-state index contributed by atoms with van der Waals surface area (Å²) in [4.78, 5) is 27.5. The minimum absolute atomic E-state index is 0.00455. The maximum Gasteiger partial charge on any atom is 0.263 e. The molecule has 138 valence electrons. The van der Waals surface area contributed by atoms with Gasteiger partial charge < -0.3 is 15.0 Å².